The van der Waals surface area contributed by atoms with Crippen molar-refractivity contribution in [2.75, 3.05) is 13.7 Å². The van der Waals surface area contributed by atoms with Crippen LogP contribution in [0, 0.1) is 0 Å². The Labute approximate surface area is 193 Å². The van der Waals surface area contributed by atoms with Gasteiger partial charge in [-0.05, 0) is 54.5 Å². The number of carbonyl (C=O) groups excluding carboxylic acids is 2. The van der Waals surface area contributed by atoms with Crippen LogP contribution < -0.4 is 10.1 Å². The molecule has 5 nitrogen and oxygen atoms in total. The predicted octanol–water partition coefficient (Wildman–Crippen LogP) is 4.91. The number of hydrogen-bond acceptors (Lipinski definition) is 3. The molecule has 0 spiro atoms. The van der Waals surface area contributed by atoms with Gasteiger partial charge in [-0.3, -0.25) is 9.59 Å². The molecule has 0 radical (unpaired) electrons. The van der Waals surface area contributed by atoms with Gasteiger partial charge in [0.2, 0.25) is 11.8 Å². The summed E-state index contributed by atoms with van der Waals surface area (Å²) in [4.78, 5) is 28.0. The minimum atomic E-state index is -0.482. The summed E-state index contributed by atoms with van der Waals surface area (Å²) in [5, 5.41) is 3.01. The van der Waals surface area contributed by atoms with Crippen LogP contribution in [0.25, 0.3) is 0 Å². The fraction of sp³-hybridized carbons (Fsp3) is 0.481. The third-order valence-electron chi connectivity index (χ3n) is 5.79. The van der Waals surface area contributed by atoms with E-state index in [0.29, 0.717) is 32.4 Å². The van der Waals surface area contributed by atoms with Crippen LogP contribution in [0.5, 0.6) is 5.75 Å². The molecular formula is C27H38N2O3. The second kappa shape index (κ2) is 13.6. The summed E-state index contributed by atoms with van der Waals surface area (Å²) in [6.07, 6.45) is 4.56. The van der Waals surface area contributed by atoms with Crippen molar-refractivity contribution in [1.29, 1.82) is 0 Å². The fourth-order valence-corrected chi connectivity index (χ4v) is 3.69. The van der Waals surface area contributed by atoms with E-state index < -0.39 is 6.04 Å². The molecule has 32 heavy (non-hydrogen) atoms. The zero-order chi connectivity index (χ0) is 23.3. The second-order valence-electron chi connectivity index (χ2n) is 8.11. The van der Waals surface area contributed by atoms with E-state index in [-0.39, 0.29) is 11.8 Å². The summed E-state index contributed by atoms with van der Waals surface area (Å²) < 4.78 is 5.24. The third-order valence-corrected chi connectivity index (χ3v) is 5.79. The van der Waals surface area contributed by atoms with E-state index >= 15 is 0 Å². The first-order chi connectivity index (χ1) is 15.5. The summed E-state index contributed by atoms with van der Waals surface area (Å²) in [6, 6.07) is 15.6. The van der Waals surface area contributed by atoms with Gasteiger partial charge in [0.15, 0.2) is 0 Å². The molecule has 0 aliphatic carbocycles. The van der Waals surface area contributed by atoms with E-state index in [1.807, 2.05) is 31.2 Å². The summed E-state index contributed by atoms with van der Waals surface area (Å²) in [5.74, 6) is 0.694. The zero-order valence-corrected chi connectivity index (χ0v) is 20.0. The quantitative estimate of drug-likeness (QED) is 0.452. The Morgan fingerprint density at radius 2 is 1.56 bits per heavy atom. The molecule has 0 saturated heterocycles. The van der Waals surface area contributed by atoms with Gasteiger partial charge in [0, 0.05) is 19.5 Å². The van der Waals surface area contributed by atoms with Crippen molar-refractivity contribution >= 4 is 11.8 Å². The highest BCUT2D eigenvalue weighted by atomic mass is 16.5. The molecule has 0 aliphatic rings. The number of rotatable bonds is 13. The Morgan fingerprint density at radius 3 is 2.12 bits per heavy atom. The van der Waals surface area contributed by atoms with Crippen LogP contribution in [0.4, 0.5) is 0 Å². The average molecular weight is 439 g/mol. The van der Waals surface area contributed by atoms with Gasteiger partial charge in [0.1, 0.15) is 11.8 Å². The molecule has 2 amide bonds. The van der Waals surface area contributed by atoms with Crippen molar-refractivity contribution in [2.45, 2.75) is 71.9 Å². The first-order valence-corrected chi connectivity index (χ1v) is 11.8. The normalized spacial score (nSPS) is 11.6. The first kappa shape index (κ1) is 25.4. The number of nitrogens with one attached hydrogen (secondary N) is 1. The maximum atomic E-state index is 13.3. The summed E-state index contributed by atoms with van der Waals surface area (Å²) in [5.41, 5.74) is 3.41. The Kier molecular flexibility index (Phi) is 10.8. The molecule has 5 heteroatoms. The highest BCUT2D eigenvalue weighted by molar-refractivity contribution is 5.87. The van der Waals surface area contributed by atoms with E-state index in [1.54, 1.807) is 12.0 Å². The molecule has 0 saturated carbocycles. The van der Waals surface area contributed by atoms with Crippen molar-refractivity contribution in [1.82, 2.24) is 10.2 Å². The standard InChI is InChI=1S/C27H38N2O3/c1-5-8-19-28-27(31)25(7-3)29(20-23-13-16-24(32-4)17-14-23)26(30)18-15-22-11-9-21(6-2)10-12-22/h9-14,16-17,25H,5-8,15,18-20H2,1-4H3,(H,28,31)/t25-/m0/s1. The van der Waals surface area contributed by atoms with Gasteiger partial charge < -0.3 is 15.0 Å². The van der Waals surface area contributed by atoms with Gasteiger partial charge in [0.25, 0.3) is 0 Å². The van der Waals surface area contributed by atoms with E-state index in [2.05, 4.69) is 43.4 Å². The van der Waals surface area contributed by atoms with Gasteiger partial charge in [0.05, 0.1) is 7.11 Å². The molecule has 1 N–H and O–H groups in total. The number of methoxy groups -OCH3 is 1. The lowest BCUT2D eigenvalue weighted by Gasteiger charge is -2.31. The highest BCUT2D eigenvalue weighted by Gasteiger charge is 2.28. The summed E-state index contributed by atoms with van der Waals surface area (Å²) in [6.45, 7) is 7.22. The maximum Gasteiger partial charge on any atom is 0.242 e. The van der Waals surface area contributed by atoms with Crippen molar-refractivity contribution in [2.24, 2.45) is 0 Å². The van der Waals surface area contributed by atoms with Crippen LogP contribution in [0.3, 0.4) is 0 Å². The molecule has 0 bridgehead atoms. The number of ether oxygens (including phenoxy) is 1. The third kappa shape index (κ3) is 7.70. The molecule has 0 aliphatic heterocycles. The molecule has 0 aromatic heterocycles. The van der Waals surface area contributed by atoms with Crippen LogP contribution in [0.15, 0.2) is 48.5 Å². The van der Waals surface area contributed by atoms with Crippen LogP contribution in [-0.2, 0) is 29.0 Å². The number of hydrogen-bond donors (Lipinski definition) is 1. The van der Waals surface area contributed by atoms with Crippen LogP contribution >= 0.6 is 0 Å². The van der Waals surface area contributed by atoms with Gasteiger partial charge in [-0.15, -0.1) is 0 Å². The lowest BCUT2D eigenvalue weighted by molar-refractivity contribution is -0.141. The SMILES string of the molecule is CCCCNC(=O)[C@H](CC)N(Cc1ccc(OC)cc1)C(=O)CCc1ccc(CC)cc1. The number of benzene rings is 2. The van der Waals surface area contributed by atoms with E-state index in [9.17, 15) is 9.59 Å². The van der Waals surface area contributed by atoms with Crippen molar-refractivity contribution in [3.63, 3.8) is 0 Å². The molecule has 2 rings (SSSR count). The van der Waals surface area contributed by atoms with E-state index in [0.717, 1.165) is 36.1 Å². The maximum absolute atomic E-state index is 13.3. The summed E-state index contributed by atoms with van der Waals surface area (Å²) >= 11 is 0. The fourth-order valence-electron chi connectivity index (χ4n) is 3.69. The molecule has 1 atom stereocenters. The number of nitrogens with zero attached hydrogens (tertiary/aromatic N) is 1. The molecule has 0 fully saturated rings. The largest absolute Gasteiger partial charge is 0.497 e. The van der Waals surface area contributed by atoms with Crippen molar-refractivity contribution < 1.29 is 14.3 Å². The van der Waals surface area contributed by atoms with E-state index in [1.165, 1.54) is 5.56 Å². The molecule has 0 heterocycles. The molecule has 2 aromatic rings. The lowest BCUT2D eigenvalue weighted by Crippen LogP contribution is -2.49. The monoisotopic (exact) mass is 438 g/mol. The topological polar surface area (TPSA) is 58.6 Å². The molecule has 174 valence electrons. The predicted molar refractivity (Wildman–Crippen MR) is 130 cm³/mol. The highest BCUT2D eigenvalue weighted by Crippen LogP contribution is 2.18. The summed E-state index contributed by atoms with van der Waals surface area (Å²) in [7, 11) is 1.63. The number of amides is 2. The van der Waals surface area contributed by atoms with Crippen LogP contribution in [-0.4, -0.2) is 36.4 Å². The number of unbranched alkanes of at least 4 members (excludes halogenated alkanes) is 1. The van der Waals surface area contributed by atoms with Crippen LogP contribution in [0.2, 0.25) is 0 Å². The minimum absolute atomic E-state index is 0.00197. The Bertz CT molecular complexity index is 831. The van der Waals surface area contributed by atoms with E-state index in [4.69, 9.17) is 4.74 Å². The molecule has 2 aromatic carbocycles. The minimum Gasteiger partial charge on any atom is -0.497 e. The first-order valence-electron chi connectivity index (χ1n) is 11.8. The lowest BCUT2D eigenvalue weighted by atomic mass is 10.0. The molecule has 0 unspecified atom stereocenters. The van der Waals surface area contributed by atoms with Gasteiger partial charge in [-0.2, -0.15) is 0 Å². The van der Waals surface area contributed by atoms with Gasteiger partial charge in [-0.1, -0.05) is 63.6 Å². The van der Waals surface area contributed by atoms with Gasteiger partial charge in [-0.25, -0.2) is 0 Å². The average Bonchev–Trinajstić information content (AvgIpc) is 2.83. The molecular weight excluding hydrogens is 400 g/mol. The Morgan fingerprint density at radius 1 is 0.938 bits per heavy atom. The van der Waals surface area contributed by atoms with Crippen LogP contribution in [0.1, 0.15) is 63.1 Å². The van der Waals surface area contributed by atoms with Crippen molar-refractivity contribution in [3.8, 4) is 5.75 Å². The number of aryl methyl sites for hydroxylation is 2. The smallest absolute Gasteiger partial charge is 0.242 e. The van der Waals surface area contributed by atoms with Gasteiger partial charge >= 0.3 is 0 Å². The van der Waals surface area contributed by atoms with Crippen molar-refractivity contribution in [3.05, 3.63) is 65.2 Å². The zero-order valence-electron chi connectivity index (χ0n) is 20.0. The number of carbonyl (C=O) groups is 2. The Balaban J connectivity index is 2.15. The second-order valence-corrected chi connectivity index (χ2v) is 8.11. The Hall–Kier alpha value is -2.82.